The second-order valence-corrected chi connectivity index (χ2v) is 5.83. The van der Waals surface area contributed by atoms with Gasteiger partial charge in [-0.05, 0) is 35.2 Å². The summed E-state index contributed by atoms with van der Waals surface area (Å²) in [5.41, 5.74) is 3.05. The predicted molar refractivity (Wildman–Crippen MR) is 86.6 cm³/mol. The fraction of sp³-hybridized carbons (Fsp3) is 0.278. The van der Waals surface area contributed by atoms with Crippen molar-refractivity contribution in [1.82, 2.24) is 15.2 Å². The van der Waals surface area contributed by atoms with Crippen molar-refractivity contribution in [2.24, 2.45) is 0 Å². The molecule has 1 aromatic carbocycles. The van der Waals surface area contributed by atoms with Crippen LogP contribution in [0.3, 0.4) is 0 Å². The van der Waals surface area contributed by atoms with Crippen LogP contribution in [-0.4, -0.2) is 28.2 Å². The fourth-order valence-corrected chi connectivity index (χ4v) is 2.88. The van der Waals surface area contributed by atoms with Crippen molar-refractivity contribution < 1.29 is 14.0 Å². The molecule has 2 aromatic rings. The van der Waals surface area contributed by atoms with Gasteiger partial charge in [-0.1, -0.05) is 12.1 Å². The molecule has 2 amide bonds. The number of hydrogen-bond donors (Lipinski definition) is 1. The first-order chi connectivity index (χ1) is 11.5. The van der Waals surface area contributed by atoms with E-state index in [1.54, 1.807) is 29.4 Å². The quantitative estimate of drug-likeness (QED) is 0.938. The Morgan fingerprint density at radius 1 is 1.33 bits per heavy atom. The molecule has 0 unspecified atom stereocenters. The Hall–Kier alpha value is -2.76. The molecule has 124 valence electrons. The van der Waals surface area contributed by atoms with E-state index in [4.69, 9.17) is 0 Å². The topological polar surface area (TPSA) is 62.3 Å². The summed E-state index contributed by atoms with van der Waals surface area (Å²) in [7, 11) is 0. The zero-order valence-electron chi connectivity index (χ0n) is 13.4. The van der Waals surface area contributed by atoms with E-state index in [1.165, 1.54) is 19.1 Å². The molecule has 0 aliphatic carbocycles. The summed E-state index contributed by atoms with van der Waals surface area (Å²) >= 11 is 0. The molecule has 0 radical (unpaired) electrons. The van der Waals surface area contributed by atoms with Crippen LogP contribution < -0.4 is 5.32 Å². The molecule has 1 aromatic heterocycles. The monoisotopic (exact) mass is 327 g/mol. The largest absolute Gasteiger partial charge is 0.348 e. The molecule has 0 saturated heterocycles. The molecular formula is C18H18FN3O2. The maximum absolute atomic E-state index is 13.2. The number of pyridine rings is 1. The molecule has 0 atom stereocenters. The summed E-state index contributed by atoms with van der Waals surface area (Å²) < 4.78 is 13.2. The van der Waals surface area contributed by atoms with E-state index in [1.807, 2.05) is 0 Å². The lowest BCUT2D eigenvalue weighted by molar-refractivity contribution is -0.129. The van der Waals surface area contributed by atoms with Crippen molar-refractivity contribution in [3.8, 4) is 0 Å². The van der Waals surface area contributed by atoms with Crippen LogP contribution in [0.1, 0.15) is 34.0 Å². The second kappa shape index (κ2) is 6.78. The lowest BCUT2D eigenvalue weighted by Gasteiger charge is -2.28. The molecule has 0 fully saturated rings. The van der Waals surface area contributed by atoms with Gasteiger partial charge in [-0.3, -0.25) is 14.6 Å². The molecule has 0 spiro atoms. The molecule has 1 aliphatic heterocycles. The summed E-state index contributed by atoms with van der Waals surface area (Å²) in [4.78, 5) is 29.8. The van der Waals surface area contributed by atoms with E-state index in [-0.39, 0.29) is 24.2 Å². The number of halogens is 1. The van der Waals surface area contributed by atoms with Crippen LogP contribution in [0.15, 0.2) is 36.7 Å². The molecular weight excluding hydrogens is 309 g/mol. The normalized spacial score (nSPS) is 13.3. The minimum atomic E-state index is -0.329. The maximum Gasteiger partial charge on any atom is 0.253 e. The summed E-state index contributed by atoms with van der Waals surface area (Å²) in [6.07, 6.45) is 3.87. The number of amides is 2. The molecule has 6 heteroatoms. The van der Waals surface area contributed by atoms with E-state index >= 15 is 0 Å². The number of benzene rings is 1. The molecule has 0 bridgehead atoms. The first-order valence-corrected chi connectivity index (χ1v) is 7.78. The van der Waals surface area contributed by atoms with Gasteiger partial charge in [0.1, 0.15) is 5.82 Å². The number of hydrogen-bond acceptors (Lipinski definition) is 3. The molecule has 3 rings (SSSR count). The van der Waals surface area contributed by atoms with E-state index < -0.39 is 0 Å². The highest BCUT2D eigenvalue weighted by molar-refractivity contribution is 5.95. The van der Waals surface area contributed by atoms with Crippen LogP contribution in [0.5, 0.6) is 0 Å². The van der Waals surface area contributed by atoms with Gasteiger partial charge >= 0.3 is 0 Å². The molecule has 1 aliphatic rings. The number of carbonyl (C=O) groups excluding carboxylic acids is 2. The van der Waals surface area contributed by atoms with Crippen molar-refractivity contribution in [3.63, 3.8) is 0 Å². The van der Waals surface area contributed by atoms with Crippen LogP contribution in [0.25, 0.3) is 0 Å². The van der Waals surface area contributed by atoms with Gasteiger partial charge in [0.25, 0.3) is 5.91 Å². The van der Waals surface area contributed by atoms with Crippen LogP contribution in [-0.2, 0) is 24.3 Å². The SMILES string of the molecule is CC(=O)N1CCc2c(cncc2C(=O)NCc2cccc(F)c2)C1. The number of fused-ring (bicyclic) bond motifs is 1. The fourth-order valence-electron chi connectivity index (χ4n) is 2.88. The van der Waals surface area contributed by atoms with Gasteiger partial charge in [0.05, 0.1) is 5.56 Å². The van der Waals surface area contributed by atoms with Crippen molar-refractivity contribution in [3.05, 3.63) is 64.7 Å². The number of aromatic nitrogens is 1. The number of rotatable bonds is 3. The van der Waals surface area contributed by atoms with Gasteiger partial charge in [0.2, 0.25) is 5.91 Å². The standard InChI is InChI=1S/C18H18FN3O2/c1-12(23)22-6-5-16-14(11-22)9-20-10-17(16)18(24)21-8-13-3-2-4-15(19)7-13/h2-4,7,9-10H,5-6,8,11H2,1H3,(H,21,24). The van der Waals surface area contributed by atoms with Gasteiger partial charge < -0.3 is 10.2 Å². The lowest BCUT2D eigenvalue weighted by Crippen LogP contribution is -2.36. The molecule has 1 N–H and O–H groups in total. The van der Waals surface area contributed by atoms with E-state index in [2.05, 4.69) is 10.3 Å². The third-order valence-corrected chi connectivity index (χ3v) is 4.17. The van der Waals surface area contributed by atoms with Crippen LogP contribution in [0, 0.1) is 5.82 Å². The van der Waals surface area contributed by atoms with Crippen molar-refractivity contribution >= 4 is 11.8 Å². The summed E-state index contributed by atoms with van der Waals surface area (Å²) in [6.45, 7) is 2.85. The third-order valence-electron chi connectivity index (χ3n) is 4.17. The zero-order chi connectivity index (χ0) is 17.1. The van der Waals surface area contributed by atoms with Crippen molar-refractivity contribution in [2.45, 2.75) is 26.4 Å². The summed E-state index contributed by atoms with van der Waals surface area (Å²) in [5, 5.41) is 2.80. The van der Waals surface area contributed by atoms with Crippen LogP contribution in [0.4, 0.5) is 4.39 Å². The van der Waals surface area contributed by atoms with Gasteiger partial charge in [0.15, 0.2) is 0 Å². The Labute approximate surface area is 139 Å². The van der Waals surface area contributed by atoms with E-state index in [0.29, 0.717) is 30.6 Å². The maximum atomic E-state index is 13.2. The average molecular weight is 327 g/mol. The van der Waals surface area contributed by atoms with Gasteiger partial charge in [-0.2, -0.15) is 0 Å². The molecule has 24 heavy (non-hydrogen) atoms. The predicted octanol–water partition coefficient (Wildman–Crippen LogP) is 2.06. The first kappa shape index (κ1) is 16.1. The highest BCUT2D eigenvalue weighted by atomic mass is 19.1. The summed E-state index contributed by atoms with van der Waals surface area (Å²) in [5.74, 6) is -0.550. The smallest absolute Gasteiger partial charge is 0.253 e. The zero-order valence-corrected chi connectivity index (χ0v) is 13.4. The Morgan fingerprint density at radius 2 is 2.17 bits per heavy atom. The molecule has 5 nitrogen and oxygen atoms in total. The number of nitrogens with zero attached hydrogens (tertiary/aromatic N) is 2. The minimum Gasteiger partial charge on any atom is -0.348 e. The Kier molecular flexibility index (Phi) is 4.55. The highest BCUT2D eigenvalue weighted by Gasteiger charge is 2.23. The number of nitrogens with one attached hydrogen (secondary N) is 1. The van der Waals surface area contributed by atoms with Crippen molar-refractivity contribution in [1.29, 1.82) is 0 Å². The first-order valence-electron chi connectivity index (χ1n) is 7.78. The summed E-state index contributed by atoms with van der Waals surface area (Å²) in [6, 6.07) is 6.12. The lowest BCUT2D eigenvalue weighted by atomic mass is 9.96. The molecule has 2 heterocycles. The van der Waals surface area contributed by atoms with Gasteiger partial charge in [-0.15, -0.1) is 0 Å². The van der Waals surface area contributed by atoms with Gasteiger partial charge in [-0.25, -0.2) is 4.39 Å². The highest BCUT2D eigenvalue weighted by Crippen LogP contribution is 2.21. The van der Waals surface area contributed by atoms with Crippen molar-refractivity contribution in [2.75, 3.05) is 6.54 Å². The van der Waals surface area contributed by atoms with Crippen LogP contribution >= 0.6 is 0 Å². The van der Waals surface area contributed by atoms with Gasteiger partial charge in [0, 0.05) is 39.0 Å². The second-order valence-electron chi connectivity index (χ2n) is 5.83. The minimum absolute atomic E-state index is 0.0154. The Morgan fingerprint density at radius 3 is 2.92 bits per heavy atom. The Balaban J connectivity index is 1.74. The third kappa shape index (κ3) is 3.42. The van der Waals surface area contributed by atoms with E-state index in [9.17, 15) is 14.0 Å². The Bertz CT molecular complexity index is 792. The van der Waals surface area contributed by atoms with E-state index in [0.717, 1.165) is 11.1 Å². The molecule has 0 saturated carbocycles. The van der Waals surface area contributed by atoms with Crippen LogP contribution in [0.2, 0.25) is 0 Å². The average Bonchev–Trinajstić information content (AvgIpc) is 2.58. The number of carbonyl (C=O) groups is 2.